The molecule has 1 heterocycles. The van der Waals surface area contributed by atoms with Gasteiger partial charge >= 0.3 is 0 Å². The summed E-state index contributed by atoms with van der Waals surface area (Å²) in [6.45, 7) is 9.78. The first kappa shape index (κ1) is 18.4. The number of aryl methyl sites for hydroxylation is 1. The van der Waals surface area contributed by atoms with Gasteiger partial charge in [0, 0.05) is 29.9 Å². The Morgan fingerprint density at radius 3 is 2.56 bits per heavy atom. The average molecular weight is 362 g/mol. The topological polar surface area (TPSA) is 70.0 Å². The number of aromatic nitrogens is 2. The molecule has 0 amide bonds. The second-order valence-electron chi connectivity index (χ2n) is 8.08. The number of nitrogens with one attached hydrogen (secondary N) is 1. The van der Waals surface area contributed by atoms with Crippen LogP contribution in [-0.2, 0) is 18.4 Å². The zero-order valence-electron chi connectivity index (χ0n) is 15.8. The van der Waals surface area contributed by atoms with Gasteiger partial charge in [0.2, 0.25) is 0 Å². The second kappa shape index (κ2) is 6.41. The van der Waals surface area contributed by atoms with Crippen molar-refractivity contribution in [2.45, 2.75) is 64.2 Å². The summed E-state index contributed by atoms with van der Waals surface area (Å²) in [5.74, 6) is 1.26. The fraction of sp³-hybridized carbons (Fsp3) is 0.579. The Labute approximate surface area is 152 Å². The zero-order valence-corrected chi connectivity index (χ0v) is 16.7. The summed E-state index contributed by atoms with van der Waals surface area (Å²) in [6.07, 6.45) is 2.18. The molecule has 2 atom stereocenters. The summed E-state index contributed by atoms with van der Waals surface area (Å²) in [5, 5.41) is 0.636. The lowest BCUT2D eigenvalue weighted by atomic mass is 10.0. The molecule has 136 valence electrons. The minimum Gasteiger partial charge on any atom is -0.598 e. The van der Waals surface area contributed by atoms with E-state index in [4.69, 9.17) is 4.98 Å². The van der Waals surface area contributed by atoms with Crippen LogP contribution in [0.15, 0.2) is 16.9 Å². The Hall–Kier alpha value is -1.37. The molecule has 1 aromatic heterocycles. The maximum Gasteiger partial charge on any atom is 0.261 e. The van der Waals surface area contributed by atoms with Crippen molar-refractivity contribution in [3.8, 4) is 0 Å². The lowest BCUT2D eigenvalue weighted by Crippen LogP contribution is -2.40. The van der Waals surface area contributed by atoms with Crippen LogP contribution in [0, 0.1) is 6.92 Å². The van der Waals surface area contributed by atoms with E-state index in [1.165, 1.54) is 0 Å². The first-order valence-electron chi connectivity index (χ1n) is 8.79. The summed E-state index contributed by atoms with van der Waals surface area (Å²) in [6, 6.07) is 3.79. The van der Waals surface area contributed by atoms with Crippen LogP contribution in [0.2, 0.25) is 0 Å². The molecule has 1 aliphatic carbocycles. The van der Waals surface area contributed by atoms with Crippen LogP contribution >= 0.6 is 0 Å². The van der Waals surface area contributed by atoms with E-state index in [0.29, 0.717) is 11.3 Å². The van der Waals surface area contributed by atoms with Gasteiger partial charge in [-0.1, -0.05) is 6.07 Å². The fourth-order valence-corrected chi connectivity index (χ4v) is 3.81. The maximum atomic E-state index is 12.8. The van der Waals surface area contributed by atoms with Gasteiger partial charge in [0.05, 0.1) is 16.9 Å². The summed E-state index contributed by atoms with van der Waals surface area (Å²) >= 11 is -1.19. The third kappa shape index (κ3) is 3.61. The van der Waals surface area contributed by atoms with Crippen molar-refractivity contribution in [1.29, 1.82) is 0 Å². The lowest BCUT2D eigenvalue weighted by Gasteiger charge is -2.27. The van der Waals surface area contributed by atoms with Gasteiger partial charge in [-0.25, -0.2) is 4.98 Å². The van der Waals surface area contributed by atoms with Gasteiger partial charge < -0.3 is 4.55 Å². The summed E-state index contributed by atoms with van der Waals surface area (Å²) < 4.78 is 17.0. The van der Waals surface area contributed by atoms with Crippen molar-refractivity contribution in [3.05, 3.63) is 39.4 Å². The molecule has 1 saturated carbocycles. The number of nitrogens with zero attached hydrogens (tertiary/aromatic N) is 2. The van der Waals surface area contributed by atoms with E-state index >= 15 is 0 Å². The molecule has 3 rings (SSSR count). The van der Waals surface area contributed by atoms with E-state index in [1.54, 1.807) is 11.6 Å². The summed E-state index contributed by atoms with van der Waals surface area (Å²) in [5.41, 5.74) is 2.69. The van der Waals surface area contributed by atoms with Gasteiger partial charge in [-0.15, -0.1) is 4.72 Å². The molecule has 0 spiro atoms. The van der Waals surface area contributed by atoms with Crippen molar-refractivity contribution in [1.82, 2.24) is 14.3 Å². The summed E-state index contributed by atoms with van der Waals surface area (Å²) in [7, 11) is 1.81. The molecule has 0 saturated heterocycles. The molecular weight excluding hydrogens is 334 g/mol. The van der Waals surface area contributed by atoms with E-state index < -0.39 is 11.4 Å². The smallest absolute Gasteiger partial charge is 0.261 e. The highest BCUT2D eigenvalue weighted by Gasteiger charge is 2.31. The highest BCUT2D eigenvalue weighted by Crippen LogP contribution is 2.39. The van der Waals surface area contributed by atoms with Gasteiger partial charge in [0.1, 0.15) is 10.6 Å². The fourth-order valence-electron chi connectivity index (χ4n) is 3.01. The van der Waals surface area contributed by atoms with E-state index in [1.807, 2.05) is 46.8 Å². The Bertz CT molecular complexity index is 866. The highest BCUT2D eigenvalue weighted by molar-refractivity contribution is 7.90. The van der Waals surface area contributed by atoms with Crippen molar-refractivity contribution >= 4 is 22.3 Å². The highest BCUT2D eigenvalue weighted by atomic mass is 32.2. The molecule has 1 aliphatic rings. The third-order valence-electron chi connectivity index (χ3n) is 4.64. The average Bonchev–Trinajstić information content (AvgIpc) is 3.34. The van der Waals surface area contributed by atoms with Gasteiger partial charge in [-0.05, 0) is 59.1 Å². The minimum atomic E-state index is -1.19. The van der Waals surface area contributed by atoms with Gasteiger partial charge in [-0.3, -0.25) is 9.36 Å². The third-order valence-corrected chi connectivity index (χ3v) is 6.32. The number of hydrogen-bond donors (Lipinski definition) is 1. The Morgan fingerprint density at radius 1 is 1.36 bits per heavy atom. The molecule has 0 radical (unpaired) electrons. The standard InChI is InChI=1S/C19H27N3O2S/c1-11-9-14(12(2)21-25(24)19(3,4)5)16-15(10-11)18(23)22(6)17(20-16)13-7-8-13/h9-10,12-13,21H,7-8H2,1-6H3/t12?,25-/m1/s1. The van der Waals surface area contributed by atoms with E-state index in [9.17, 15) is 9.35 Å². The minimum absolute atomic E-state index is 0.000920. The first-order valence-corrected chi connectivity index (χ1v) is 9.94. The predicted octanol–water partition coefficient (Wildman–Crippen LogP) is 3.23. The van der Waals surface area contributed by atoms with Crippen LogP contribution in [-0.4, -0.2) is 18.9 Å². The van der Waals surface area contributed by atoms with Crippen LogP contribution < -0.4 is 10.3 Å². The van der Waals surface area contributed by atoms with Crippen molar-refractivity contribution in [2.24, 2.45) is 7.05 Å². The number of hydrogen-bond acceptors (Lipinski definition) is 4. The second-order valence-corrected chi connectivity index (χ2v) is 10.1. The molecule has 1 aromatic carbocycles. The molecule has 25 heavy (non-hydrogen) atoms. The molecule has 6 heteroatoms. The van der Waals surface area contributed by atoms with Crippen LogP contribution in [0.5, 0.6) is 0 Å². The number of rotatable bonds is 4. The van der Waals surface area contributed by atoms with E-state index in [2.05, 4.69) is 4.72 Å². The molecule has 1 unspecified atom stereocenters. The molecule has 1 fully saturated rings. The lowest BCUT2D eigenvalue weighted by molar-refractivity contribution is 0.531. The number of fused-ring (bicyclic) bond motifs is 1. The Kier molecular flexibility index (Phi) is 4.73. The van der Waals surface area contributed by atoms with Crippen LogP contribution in [0.25, 0.3) is 10.9 Å². The van der Waals surface area contributed by atoms with Gasteiger partial charge in [-0.2, -0.15) is 0 Å². The molecule has 1 N–H and O–H groups in total. The molecule has 2 aromatic rings. The van der Waals surface area contributed by atoms with Gasteiger partial charge in [0.25, 0.3) is 5.56 Å². The van der Waals surface area contributed by atoms with Crippen molar-refractivity contribution < 1.29 is 4.55 Å². The van der Waals surface area contributed by atoms with Crippen molar-refractivity contribution in [2.75, 3.05) is 0 Å². The zero-order chi connectivity index (χ0) is 18.5. The monoisotopic (exact) mass is 361 g/mol. The molecular formula is C19H27N3O2S. The largest absolute Gasteiger partial charge is 0.598 e. The summed E-state index contributed by atoms with van der Waals surface area (Å²) in [4.78, 5) is 17.7. The molecule has 5 nitrogen and oxygen atoms in total. The Morgan fingerprint density at radius 2 is 2.00 bits per heavy atom. The predicted molar refractivity (Wildman–Crippen MR) is 103 cm³/mol. The van der Waals surface area contributed by atoms with E-state index in [0.717, 1.165) is 35.3 Å². The van der Waals surface area contributed by atoms with Crippen LogP contribution in [0.4, 0.5) is 0 Å². The maximum absolute atomic E-state index is 12.8. The van der Waals surface area contributed by atoms with E-state index in [-0.39, 0.29) is 16.3 Å². The normalized spacial score (nSPS) is 17.7. The van der Waals surface area contributed by atoms with Gasteiger partial charge in [0.15, 0.2) is 0 Å². The Balaban J connectivity index is 2.12. The first-order chi connectivity index (χ1) is 11.6. The SMILES string of the molecule is Cc1cc(C(C)N[S@+]([O-])C(C)(C)C)c2nc(C3CC3)n(C)c(=O)c2c1. The quantitative estimate of drug-likeness (QED) is 0.849. The molecule has 0 bridgehead atoms. The van der Waals surface area contributed by atoms with Crippen LogP contribution in [0.1, 0.15) is 69.4 Å². The molecule has 0 aliphatic heterocycles. The van der Waals surface area contributed by atoms with Crippen molar-refractivity contribution in [3.63, 3.8) is 0 Å². The number of benzene rings is 1. The van der Waals surface area contributed by atoms with Crippen LogP contribution in [0.3, 0.4) is 0 Å².